The van der Waals surface area contributed by atoms with Crippen molar-refractivity contribution in [1.82, 2.24) is 14.9 Å². The molecule has 2 saturated heterocycles. The number of alkyl carbamates (subject to hydrolysis) is 2. The number of carbonyl (C=O) groups excluding carboxylic acids is 2. The van der Waals surface area contributed by atoms with Crippen LogP contribution >= 0.6 is 0 Å². The van der Waals surface area contributed by atoms with Gasteiger partial charge in [-0.05, 0) is 80.6 Å². The number of nitrogens with one attached hydrogen (secondary N) is 2. The number of ether oxygens (including phenoxy) is 6. The van der Waals surface area contributed by atoms with E-state index in [4.69, 9.17) is 34.2 Å². The topological polar surface area (TPSA) is 177 Å². The highest BCUT2D eigenvalue weighted by Crippen LogP contribution is 2.33. The molecule has 0 bridgehead atoms. The van der Waals surface area contributed by atoms with E-state index >= 15 is 0 Å². The van der Waals surface area contributed by atoms with Crippen molar-refractivity contribution in [1.29, 1.82) is 0 Å². The zero-order chi connectivity index (χ0) is 37.3. The fourth-order valence-corrected chi connectivity index (χ4v) is 7.44. The van der Waals surface area contributed by atoms with Gasteiger partial charge in [0.05, 0.1) is 43.7 Å². The van der Waals surface area contributed by atoms with Gasteiger partial charge in [-0.3, -0.25) is 0 Å². The van der Waals surface area contributed by atoms with Gasteiger partial charge < -0.3 is 44.8 Å². The quantitative estimate of drug-likeness (QED) is 0.212. The Morgan fingerprint density at radius 3 is 2.31 bits per heavy atom. The Balaban J connectivity index is 1.50. The van der Waals surface area contributed by atoms with Crippen molar-refractivity contribution >= 4 is 27.8 Å². The van der Waals surface area contributed by atoms with Crippen molar-refractivity contribution in [2.75, 3.05) is 46.6 Å². The lowest BCUT2D eigenvalue weighted by atomic mass is 9.94. The lowest BCUT2D eigenvalue weighted by molar-refractivity contribution is -0.0907. The van der Waals surface area contributed by atoms with Gasteiger partial charge >= 0.3 is 12.2 Å². The van der Waals surface area contributed by atoms with E-state index in [2.05, 4.69) is 17.2 Å². The molecule has 51 heavy (non-hydrogen) atoms. The molecule has 2 aromatic rings. The van der Waals surface area contributed by atoms with Crippen LogP contribution in [0.2, 0.25) is 0 Å². The molecule has 2 fully saturated rings. The molecule has 0 radical (unpaired) electrons. The molecule has 15 heteroatoms. The number of nitrogens with two attached hydrogens (primary N) is 1. The number of hydrogen-bond donors (Lipinski definition) is 3. The van der Waals surface area contributed by atoms with Crippen molar-refractivity contribution in [2.24, 2.45) is 17.6 Å². The molecule has 0 saturated carbocycles. The Labute approximate surface area is 301 Å². The first-order chi connectivity index (χ1) is 24.1. The number of rotatable bonds is 16. The van der Waals surface area contributed by atoms with Crippen molar-refractivity contribution in [2.45, 2.75) is 76.0 Å². The van der Waals surface area contributed by atoms with Gasteiger partial charge in [-0.15, -0.1) is 0 Å². The number of nitrogens with zero attached hydrogens (tertiary/aromatic N) is 1. The highest BCUT2D eigenvalue weighted by Gasteiger charge is 2.44. The molecule has 2 aromatic carbocycles. The summed E-state index contributed by atoms with van der Waals surface area (Å²) in [7, 11) is -2.48. The summed E-state index contributed by atoms with van der Waals surface area (Å²) in [4.78, 5) is 25.4. The number of benzene rings is 2. The van der Waals surface area contributed by atoms with E-state index in [9.17, 15) is 18.0 Å². The molecule has 0 spiro atoms. The van der Waals surface area contributed by atoms with E-state index in [-0.39, 0.29) is 49.6 Å². The molecule has 2 amide bonds. The summed E-state index contributed by atoms with van der Waals surface area (Å²) in [5.74, 6) is 0.959. The molecular formula is C36H52N4O10S. The minimum Gasteiger partial charge on any atom is -0.497 e. The minimum atomic E-state index is -3.99. The van der Waals surface area contributed by atoms with Gasteiger partial charge in [0, 0.05) is 19.1 Å². The number of sulfonamides is 1. The standard InChI is InChI=1S/C36H52N4O10S/c1-23(2)20-40(51(43,44)28-14-12-26(45-7)13-15-28)21-30(37)32(39-35(42)49-31-22-48-33-29(31)16-18-47-33)24(3)25-8-10-27(11-9-25)46-19-17-38-34(41)50-36(4,5)6/h8-15,23,29-33H,3,16-22,37H2,1-2,4-7H3,(H,38,41)(H,39,42)/t29-,30+,31-,32-,33+/m0/s1. The van der Waals surface area contributed by atoms with Crippen LogP contribution in [0, 0.1) is 11.8 Å². The molecule has 0 aliphatic carbocycles. The lowest BCUT2D eigenvalue weighted by Crippen LogP contribution is -2.55. The van der Waals surface area contributed by atoms with E-state index in [0.29, 0.717) is 35.7 Å². The summed E-state index contributed by atoms with van der Waals surface area (Å²) in [6.45, 7) is 14.7. The molecule has 0 aromatic heterocycles. The van der Waals surface area contributed by atoms with Crippen LogP contribution in [-0.4, -0.2) is 102 Å². The average Bonchev–Trinajstić information content (AvgIpc) is 3.69. The Bertz CT molecular complexity index is 1580. The molecule has 4 rings (SSSR count). The maximum Gasteiger partial charge on any atom is 0.408 e. The van der Waals surface area contributed by atoms with Crippen LogP contribution in [0.15, 0.2) is 60.0 Å². The molecule has 2 aliphatic rings. The first-order valence-corrected chi connectivity index (χ1v) is 18.5. The van der Waals surface area contributed by atoms with Gasteiger partial charge in [0.2, 0.25) is 10.0 Å². The van der Waals surface area contributed by atoms with E-state index in [1.54, 1.807) is 57.2 Å². The fourth-order valence-electron chi connectivity index (χ4n) is 5.79. The summed E-state index contributed by atoms with van der Waals surface area (Å²) in [6, 6.07) is 11.2. The Morgan fingerprint density at radius 2 is 1.69 bits per heavy atom. The van der Waals surface area contributed by atoms with Gasteiger partial charge in [-0.1, -0.05) is 32.6 Å². The molecule has 4 N–H and O–H groups in total. The second kappa shape index (κ2) is 17.6. The summed E-state index contributed by atoms with van der Waals surface area (Å²) in [6.07, 6.45) is -1.47. The highest BCUT2D eigenvalue weighted by atomic mass is 32.2. The number of amides is 2. The summed E-state index contributed by atoms with van der Waals surface area (Å²) in [5.41, 5.74) is 7.27. The molecule has 2 aliphatic heterocycles. The third-order valence-electron chi connectivity index (χ3n) is 8.27. The van der Waals surface area contributed by atoms with E-state index in [0.717, 1.165) is 0 Å². The Hall–Kier alpha value is -3.89. The van der Waals surface area contributed by atoms with E-state index in [1.807, 2.05) is 13.8 Å². The number of hydrogen-bond acceptors (Lipinski definition) is 11. The molecule has 14 nitrogen and oxygen atoms in total. The molecule has 2 heterocycles. The zero-order valence-corrected chi connectivity index (χ0v) is 31.1. The summed E-state index contributed by atoms with van der Waals surface area (Å²) in [5, 5.41) is 5.51. The second-order valence-electron chi connectivity index (χ2n) is 14.0. The maximum atomic E-state index is 13.9. The molecular weight excluding hydrogens is 680 g/mol. The minimum absolute atomic E-state index is 0.0272. The van der Waals surface area contributed by atoms with Crippen molar-refractivity contribution < 1.29 is 46.4 Å². The maximum absolute atomic E-state index is 13.9. The van der Waals surface area contributed by atoms with Crippen LogP contribution in [-0.2, 0) is 29.0 Å². The Morgan fingerprint density at radius 1 is 1.02 bits per heavy atom. The van der Waals surface area contributed by atoms with Crippen LogP contribution in [0.1, 0.15) is 46.6 Å². The number of fused-ring (bicyclic) bond motifs is 1. The largest absolute Gasteiger partial charge is 0.497 e. The summed E-state index contributed by atoms with van der Waals surface area (Å²) >= 11 is 0. The molecule has 282 valence electrons. The van der Waals surface area contributed by atoms with E-state index < -0.39 is 52.3 Å². The van der Waals surface area contributed by atoms with Gasteiger partial charge in [-0.25, -0.2) is 18.0 Å². The van der Waals surface area contributed by atoms with Gasteiger partial charge in [0.15, 0.2) is 6.29 Å². The van der Waals surface area contributed by atoms with Crippen LogP contribution in [0.5, 0.6) is 11.5 Å². The third kappa shape index (κ3) is 11.3. The highest BCUT2D eigenvalue weighted by molar-refractivity contribution is 7.89. The fraction of sp³-hybridized carbons (Fsp3) is 0.556. The first-order valence-electron chi connectivity index (χ1n) is 17.1. The normalized spacial score (nSPS) is 20.0. The van der Waals surface area contributed by atoms with Crippen molar-refractivity contribution in [3.63, 3.8) is 0 Å². The van der Waals surface area contributed by atoms with Crippen LogP contribution in [0.3, 0.4) is 0 Å². The predicted molar refractivity (Wildman–Crippen MR) is 191 cm³/mol. The second-order valence-corrected chi connectivity index (χ2v) is 15.9. The van der Waals surface area contributed by atoms with Gasteiger partial charge in [0.25, 0.3) is 0 Å². The van der Waals surface area contributed by atoms with Crippen LogP contribution in [0.4, 0.5) is 9.59 Å². The summed E-state index contributed by atoms with van der Waals surface area (Å²) < 4.78 is 62.3. The molecule has 5 atom stereocenters. The smallest absolute Gasteiger partial charge is 0.408 e. The molecule has 0 unspecified atom stereocenters. The zero-order valence-electron chi connectivity index (χ0n) is 30.3. The number of carbonyl (C=O) groups is 2. The number of methoxy groups -OCH3 is 1. The lowest BCUT2D eigenvalue weighted by Gasteiger charge is -2.32. The monoisotopic (exact) mass is 732 g/mol. The third-order valence-corrected chi connectivity index (χ3v) is 10.1. The predicted octanol–water partition coefficient (Wildman–Crippen LogP) is 4.14. The average molecular weight is 733 g/mol. The van der Waals surface area contributed by atoms with Gasteiger partial charge in [0.1, 0.15) is 29.8 Å². The van der Waals surface area contributed by atoms with Crippen molar-refractivity contribution in [3.8, 4) is 11.5 Å². The first kappa shape index (κ1) is 39.9. The van der Waals surface area contributed by atoms with Gasteiger partial charge in [-0.2, -0.15) is 4.31 Å². The van der Waals surface area contributed by atoms with Crippen molar-refractivity contribution in [3.05, 3.63) is 60.7 Å². The SMILES string of the molecule is C=C(c1ccc(OCCNC(=O)OC(C)(C)C)cc1)[C@H](NC(=O)O[C@H]1CO[C@H]2OCC[C@H]21)[C@H](N)CN(CC(C)C)S(=O)(=O)c1ccc(OC)cc1. The van der Waals surface area contributed by atoms with E-state index in [1.165, 1.54) is 23.5 Å². The van der Waals surface area contributed by atoms with Crippen LogP contribution < -0.4 is 25.8 Å². The van der Waals surface area contributed by atoms with Crippen LogP contribution in [0.25, 0.3) is 5.57 Å². The Kier molecular flexibility index (Phi) is 13.7.